The van der Waals surface area contributed by atoms with Gasteiger partial charge in [-0.25, -0.2) is 0 Å². The van der Waals surface area contributed by atoms with Crippen LogP contribution in [0.1, 0.15) is 0 Å². The molecule has 0 atom stereocenters. The van der Waals surface area contributed by atoms with Gasteiger partial charge in [0.2, 0.25) is 5.78 Å². The predicted octanol–water partition coefficient (Wildman–Crippen LogP) is -0.420. The van der Waals surface area contributed by atoms with E-state index in [1.165, 1.54) is 0 Å². The molecule has 0 unspecified atom stereocenters. The second-order valence-corrected chi connectivity index (χ2v) is 1.72. The van der Waals surface area contributed by atoms with Crippen molar-refractivity contribution in [3.63, 3.8) is 0 Å². The molecule has 50 valence electrons. The van der Waals surface area contributed by atoms with E-state index >= 15 is 0 Å². The molecule has 9 heavy (non-hydrogen) atoms. The van der Waals surface area contributed by atoms with Crippen LogP contribution in [0.15, 0.2) is 0 Å². The van der Waals surface area contributed by atoms with E-state index in [1.807, 2.05) is 0 Å². The van der Waals surface area contributed by atoms with E-state index in [1.54, 1.807) is 0 Å². The molecule has 0 bridgehead atoms. The van der Waals surface area contributed by atoms with Crippen molar-refractivity contribution in [2.24, 2.45) is 0 Å². The van der Waals surface area contributed by atoms with E-state index < -0.39 is 0 Å². The second-order valence-electron chi connectivity index (χ2n) is 1.72. The number of rotatable bonds is 0. The first kappa shape index (κ1) is 6.38. The first-order valence-electron chi connectivity index (χ1n) is 2.57. The van der Waals surface area contributed by atoms with Gasteiger partial charge in [0.25, 0.3) is 0 Å². The van der Waals surface area contributed by atoms with Crippen molar-refractivity contribution in [1.82, 2.24) is 0 Å². The van der Waals surface area contributed by atoms with Crippen LogP contribution in [0.3, 0.4) is 0 Å². The molecule has 0 aromatic carbocycles. The summed E-state index contributed by atoms with van der Waals surface area (Å²) in [4.78, 5) is 10.6. The lowest BCUT2D eigenvalue weighted by Crippen LogP contribution is -2.18. The molecule has 1 N–H and O–H groups in total. The molecule has 1 aliphatic rings. The van der Waals surface area contributed by atoms with Gasteiger partial charge in [-0.15, -0.1) is 0 Å². The third kappa shape index (κ3) is 1.58. The molecule has 0 aliphatic carbocycles. The Morgan fingerprint density at radius 3 is 2.78 bits per heavy atom. The zero-order valence-electron chi connectivity index (χ0n) is 4.85. The predicted molar refractivity (Wildman–Crippen MR) is 29.5 cm³/mol. The fraction of sp³-hybridized carbons (Fsp3) is 0.600. The highest BCUT2D eigenvalue weighted by Gasteiger charge is 2.12. The van der Waals surface area contributed by atoms with E-state index in [9.17, 15) is 4.79 Å². The Kier molecular flexibility index (Phi) is 1.92. The molecular formula is C5H7NO3. The van der Waals surface area contributed by atoms with E-state index in [4.69, 9.17) is 10.1 Å². The van der Waals surface area contributed by atoms with Crippen molar-refractivity contribution in [3.05, 3.63) is 0 Å². The highest BCUT2D eigenvalue weighted by molar-refractivity contribution is 6.39. The van der Waals surface area contributed by atoms with Gasteiger partial charge in [0.1, 0.15) is 19.1 Å². The number of nitrogens with one attached hydrogen (secondary N) is 1. The molecule has 4 nitrogen and oxygen atoms in total. The van der Waals surface area contributed by atoms with Crippen molar-refractivity contribution in [2.75, 3.05) is 20.0 Å². The monoisotopic (exact) mass is 129 g/mol. The summed E-state index contributed by atoms with van der Waals surface area (Å²) in [5, 5.41) is 6.98. The fourth-order valence-electron chi connectivity index (χ4n) is 0.505. The highest BCUT2D eigenvalue weighted by atomic mass is 16.7. The second kappa shape index (κ2) is 2.70. The molecule has 1 saturated heterocycles. The van der Waals surface area contributed by atoms with Crippen LogP contribution in [-0.2, 0) is 14.3 Å². The van der Waals surface area contributed by atoms with Crippen molar-refractivity contribution in [3.8, 4) is 0 Å². The van der Waals surface area contributed by atoms with Crippen molar-refractivity contribution in [2.45, 2.75) is 0 Å². The first-order valence-corrected chi connectivity index (χ1v) is 2.57. The lowest BCUT2D eigenvalue weighted by atomic mass is 10.3. The van der Waals surface area contributed by atoms with Crippen LogP contribution in [0.2, 0.25) is 0 Å². The molecule has 4 heteroatoms. The number of hydrogen-bond donors (Lipinski definition) is 1. The van der Waals surface area contributed by atoms with Crippen LogP contribution in [0, 0.1) is 5.41 Å². The van der Waals surface area contributed by atoms with Crippen LogP contribution in [0.4, 0.5) is 0 Å². The minimum Gasteiger partial charge on any atom is -0.349 e. The zero-order chi connectivity index (χ0) is 6.69. The van der Waals surface area contributed by atoms with Crippen LogP contribution < -0.4 is 0 Å². The topological polar surface area (TPSA) is 59.4 Å². The lowest BCUT2D eigenvalue weighted by Gasteiger charge is -1.92. The van der Waals surface area contributed by atoms with E-state index in [-0.39, 0.29) is 31.5 Å². The summed E-state index contributed by atoms with van der Waals surface area (Å²) in [5.41, 5.74) is -0.00694. The van der Waals surface area contributed by atoms with Crippen molar-refractivity contribution in [1.29, 1.82) is 5.41 Å². The Balaban J connectivity index is 2.51. The van der Waals surface area contributed by atoms with E-state index in [2.05, 4.69) is 4.74 Å². The Morgan fingerprint density at radius 2 is 2.00 bits per heavy atom. The first-order chi connectivity index (χ1) is 4.30. The normalized spacial score (nSPS) is 21.8. The molecule has 0 aromatic rings. The maximum atomic E-state index is 10.6. The van der Waals surface area contributed by atoms with Crippen molar-refractivity contribution >= 4 is 11.5 Å². The van der Waals surface area contributed by atoms with Gasteiger partial charge in [-0.1, -0.05) is 0 Å². The standard InChI is InChI=1S/C5H7NO3/c6-4-1-8-3-9-2-5(4)7/h6H,1-3H2. The average Bonchev–Trinajstić information content (AvgIpc) is 1.99. The molecule has 0 aromatic heterocycles. The Morgan fingerprint density at radius 1 is 1.33 bits per heavy atom. The number of Topliss-reactive ketones (excluding diaryl/α,β-unsaturated/α-hetero) is 1. The third-order valence-corrected chi connectivity index (χ3v) is 0.983. The number of carbonyl (C=O) groups excluding carboxylic acids is 1. The lowest BCUT2D eigenvalue weighted by molar-refractivity contribution is -0.119. The molecule has 1 heterocycles. The van der Waals surface area contributed by atoms with Crippen molar-refractivity contribution < 1.29 is 14.3 Å². The summed E-state index contributed by atoms with van der Waals surface area (Å²) in [6.07, 6.45) is 0. The fourth-order valence-corrected chi connectivity index (χ4v) is 0.505. The van der Waals surface area contributed by atoms with Crippen LogP contribution >= 0.6 is 0 Å². The third-order valence-electron chi connectivity index (χ3n) is 0.983. The van der Waals surface area contributed by atoms with Gasteiger partial charge in [0.05, 0.1) is 6.61 Å². The number of hydrogen-bond acceptors (Lipinski definition) is 4. The summed E-state index contributed by atoms with van der Waals surface area (Å²) in [6, 6.07) is 0. The molecule has 1 aliphatic heterocycles. The van der Waals surface area contributed by atoms with Gasteiger partial charge < -0.3 is 9.47 Å². The molecule has 0 spiro atoms. The number of ketones is 1. The van der Waals surface area contributed by atoms with Crippen LogP contribution in [0.25, 0.3) is 0 Å². The summed E-state index contributed by atoms with van der Waals surface area (Å²) < 4.78 is 9.37. The smallest absolute Gasteiger partial charge is 0.204 e. The summed E-state index contributed by atoms with van der Waals surface area (Å²) in [7, 11) is 0. The SMILES string of the molecule is N=C1COCOCC1=O. The molecule has 1 fully saturated rings. The van der Waals surface area contributed by atoms with Gasteiger partial charge in [-0.05, 0) is 0 Å². The molecule has 0 amide bonds. The minimum atomic E-state index is -0.285. The number of carbonyl (C=O) groups is 1. The Bertz CT molecular complexity index is 127. The molecular weight excluding hydrogens is 122 g/mol. The Hall–Kier alpha value is -0.740. The summed E-state index contributed by atoms with van der Waals surface area (Å²) in [5.74, 6) is -0.285. The van der Waals surface area contributed by atoms with Gasteiger partial charge in [-0.3, -0.25) is 10.2 Å². The van der Waals surface area contributed by atoms with E-state index in [0.717, 1.165) is 0 Å². The summed E-state index contributed by atoms with van der Waals surface area (Å²) >= 11 is 0. The maximum absolute atomic E-state index is 10.6. The van der Waals surface area contributed by atoms with Gasteiger partial charge >= 0.3 is 0 Å². The summed E-state index contributed by atoms with van der Waals surface area (Å²) in [6.45, 7) is 0.186. The molecule has 0 saturated carbocycles. The number of ether oxygens (including phenoxy) is 2. The minimum absolute atomic E-state index is 0.00694. The highest BCUT2D eigenvalue weighted by Crippen LogP contribution is 1.90. The van der Waals surface area contributed by atoms with E-state index in [0.29, 0.717) is 0 Å². The molecule has 0 radical (unpaired) electrons. The molecule has 1 rings (SSSR count). The average molecular weight is 129 g/mol. The maximum Gasteiger partial charge on any atom is 0.204 e. The quantitative estimate of drug-likeness (QED) is 0.483. The largest absolute Gasteiger partial charge is 0.349 e. The zero-order valence-corrected chi connectivity index (χ0v) is 4.85. The van der Waals surface area contributed by atoms with Crippen LogP contribution in [-0.4, -0.2) is 31.5 Å². The van der Waals surface area contributed by atoms with Gasteiger partial charge in [0, 0.05) is 0 Å². The van der Waals surface area contributed by atoms with Gasteiger partial charge in [0.15, 0.2) is 0 Å². The van der Waals surface area contributed by atoms with Gasteiger partial charge in [-0.2, -0.15) is 0 Å². The van der Waals surface area contributed by atoms with Crippen LogP contribution in [0.5, 0.6) is 0 Å². The Labute approximate surface area is 52.3 Å².